The van der Waals surface area contributed by atoms with E-state index in [1.54, 1.807) is 6.20 Å². The lowest BCUT2D eigenvalue weighted by Gasteiger charge is -2.40. The maximum Gasteiger partial charge on any atom is 0.158 e. The summed E-state index contributed by atoms with van der Waals surface area (Å²) >= 11 is 0. The van der Waals surface area contributed by atoms with Gasteiger partial charge in [-0.3, -0.25) is 0 Å². The Bertz CT molecular complexity index is 639. The number of aromatic nitrogens is 4. The Balaban J connectivity index is 1.46. The normalized spacial score (nSPS) is 14.4. The van der Waals surface area contributed by atoms with Gasteiger partial charge >= 0.3 is 0 Å². The van der Waals surface area contributed by atoms with Crippen LogP contribution in [0.25, 0.3) is 0 Å². The number of nitriles is 1. The van der Waals surface area contributed by atoms with E-state index in [2.05, 4.69) is 30.4 Å². The van der Waals surface area contributed by atoms with Gasteiger partial charge in [-0.15, -0.1) is 5.10 Å². The second-order valence-electron chi connectivity index (χ2n) is 5.08. The monoisotopic (exact) mass is 281 g/mol. The SMILES string of the molecule is Cc1ccc(N2CC(CNc3cnc(C#N)cn3)C2)nn1. The molecule has 21 heavy (non-hydrogen) atoms. The zero-order valence-electron chi connectivity index (χ0n) is 11.7. The summed E-state index contributed by atoms with van der Waals surface area (Å²) in [6.07, 6.45) is 3.05. The van der Waals surface area contributed by atoms with Gasteiger partial charge in [-0.2, -0.15) is 10.4 Å². The molecule has 0 saturated carbocycles. The molecule has 7 nitrogen and oxygen atoms in total. The second kappa shape index (κ2) is 5.71. The predicted molar refractivity (Wildman–Crippen MR) is 77.7 cm³/mol. The molecule has 2 aromatic rings. The van der Waals surface area contributed by atoms with Crippen molar-refractivity contribution in [1.82, 2.24) is 20.2 Å². The van der Waals surface area contributed by atoms with Gasteiger partial charge in [-0.25, -0.2) is 9.97 Å². The summed E-state index contributed by atoms with van der Waals surface area (Å²) in [5.41, 5.74) is 1.25. The minimum atomic E-state index is 0.327. The van der Waals surface area contributed by atoms with Crippen molar-refractivity contribution in [3.8, 4) is 6.07 Å². The molecule has 1 N–H and O–H groups in total. The zero-order chi connectivity index (χ0) is 14.7. The average molecular weight is 281 g/mol. The first-order valence-corrected chi connectivity index (χ1v) is 6.76. The maximum absolute atomic E-state index is 8.66. The van der Waals surface area contributed by atoms with Crippen LogP contribution >= 0.6 is 0 Å². The number of anilines is 2. The van der Waals surface area contributed by atoms with Crippen molar-refractivity contribution >= 4 is 11.6 Å². The number of hydrogen-bond donors (Lipinski definition) is 1. The minimum absolute atomic E-state index is 0.327. The van der Waals surface area contributed by atoms with Crippen LogP contribution in [0.3, 0.4) is 0 Å². The Kier molecular flexibility index (Phi) is 3.60. The highest BCUT2D eigenvalue weighted by Gasteiger charge is 2.27. The lowest BCUT2D eigenvalue weighted by Crippen LogP contribution is -2.50. The molecule has 1 aliphatic heterocycles. The van der Waals surface area contributed by atoms with Gasteiger partial charge in [0, 0.05) is 25.6 Å². The summed E-state index contributed by atoms with van der Waals surface area (Å²) in [5, 5.41) is 20.1. The Hall–Kier alpha value is -2.75. The first kappa shape index (κ1) is 13.2. The van der Waals surface area contributed by atoms with Gasteiger partial charge in [0.2, 0.25) is 0 Å². The van der Waals surface area contributed by atoms with Crippen molar-refractivity contribution in [2.45, 2.75) is 6.92 Å². The van der Waals surface area contributed by atoms with E-state index in [0.717, 1.165) is 31.1 Å². The van der Waals surface area contributed by atoms with E-state index >= 15 is 0 Å². The molecule has 0 spiro atoms. The van der Waals surface area contributed by atoms with Gasteiger partial charge in [0.1, 0.15) is 11.9 Å². The number of hydrogen-bond acceptors (Lipinski definition) is 7. The van der Waals surface area contributed by atoms with Crippen LogP contribution < -0.4 is 10.2 Å². The van der Waals surface area contributed by atoms with Gasteiger partial charge in [-0.05, 0) is 19.1 Å². The largest absolute Gasteiger partial charge is 0.368 e. The molecule has 106 valence electrons. The number of aryl methyl sites for hydroxylation is 1. The van der Waals surface area contributed by atoms with Crippen LogP contribution in [0.4, 0.5) is 11.6 Å². The molecule has 0 aromatic carbocycles. The summed E-state index contributed by atoms with van der Waals surface area (Å²) in [6.45, 7) is 4.66. The van der Waals surface area contributed by atoms with Crippen LogP contribution in [-0.4, -0.2) is 39.8 Å². The number of nitrogens with one attached hydrogen (secondary N) is 1. The van der Waals surface area contributed by atoms with Crippen LogP contribution in [0.1, 0.15) is 11.4 Å². The molecule has 1 saturated heterocycles. The molecule has 0 unspecified atom stereocenters. The first-order chi connectivity index (χ1) is 10.2. The van der Waals surface area contributed by atoms with E-state index in [9.17, 15) is 0 Å². The van der Waals surface area contributed by atoms with E-state index in [1.165, 1.54) is 6.20 Å². The highest BCUT2D eigenvalue weighted by Crippen LogP contribution is 2.22. The van der Waals surface area contributed by atoms with Gasteiger partial charge < -0.3 is 10.2 Å². The van der Waals surface area contributed by atoms with Crippen LogP contribution in [0.15, 0.2) is 24.5 Å². The summed E-state index contributed by atoms with van der Waals surface area (Å²) in [5.74, 6) is 2.17. The Labute approximate surface area is 122 Å². The maximum atomic E-state index is 8.66. The summed E-state index contributed by atoms with van der Waals surface area (Å²) in [7, 11) is 0. The lowest BCUT2D eigenvalue weighted by atomic mass is 10.0. The van der Waals surface area contributed by atoms with Crippen LogP contribution in [0.2, 0.25) is 0 Å². The fraction of sp³-hybridized carbons (Fsp3) is 0.357. The molecule has 1 fully saturated rings. The molecule has 3 rings (SSSR count). The second-order valence-corrected chi connectivity index (χ2v) is 5.08. The molecule has 0 atom stereocenters. The molecule has 0 amide bonds. The molecule has 1 aliphatic rings. The smallest absolute Gasteiger partial charge is 0.158 e. The molecule has 0 bridgehead atoms. The van der Waals surface area contributed by atoms with Crippen molar-refractivity contribution in [2.24, 2.45) is 5.92 Å². The van der Waals surface area contributed by atoms with Crippen LogP contribution in [-0.2, 0) is 0 Å². The third-order valence-corrected chi connectivity index (χ3v) is 3.40. The molecule has 2 aromatic heterocycles. The predicted octanol–water partition coefficient (Wildman–Crippen LogP) is 0.995. The standard InChI is InChI=1S/C14H15N7/c1-10-2-3-14(20-19-10)21-8-11(9-21)5-17-13-7-16-12(4-15)6-18-13/h2-3,6-7,11H,5,8-9H2,1H3,(H,17,18). The lowest BCUT2D eigenvalue weighted by molar-refractivity contribution is 0.425. The summed E-state index contributed by atoms with van der Waals surface area (Å²) in [6, 6.07) is 5.92. The molecule has 3 heterocycles. The Morgan fingerprint density at radius 1 is 1.29 bits per heavy atom. The van der Waals surface area contributed by atoms with E-state index in [1.807, 2.05) is 25.1 Å². The third-order valence-electron chi connectivity index (χ3n) is 3.40. The number of rotatable bonds is 4. The summed E-state index contributed by atoms with van der Waals surface area (Å²) < 4.78 is 0. The van der Waals surface area contributed by atoms with E-state index in [4.69, 9.17) is 5.26 Å². The van der Waals surface area contributed by atoms with Crippen molar-refractivity contribution in [3.05, 3.63) is 35.9 Å². The Morgan fingerprint density at radius 3 is 2.76 bits per heavy atom. The molecule has 7 heteroatoms. The van der Waals surface area contributed by atoms with E-state index < -0.39 is 0 Å². The van der Waals surface area contributed by atoms with Crippen molar-refractivity contribution < 1.29 is 0 Å². The van der Waals surface area contributed by atoms with Gasteiger partial charge in [-0.1, -0.05) is 0 Å². The van der Waals surface area contributed by atoms with Crippen molar-refractivity contribution in [3.63, 3.8) is 0 Å². The fourth-order valence-electron chi connectivity index (χ4n) is 2.17. The van der Waals surface area contributed by atoms with Gasteiger partial charge in [0.05, 0.1) is 18.1 Å². The number of nitrogens with zero attached hydrogens (tertiary/aromatic N) is 6. The van der Waals surface area contributed by atoms with E-state index in [0.29, 0.717) is 17.4 Å². The van der Waals surface area contributed by atoms with Gasteiger partial charge in [0.25, 0.3) is 0 Å². The average Bonchev–Trinajstić information content (AvgIpc) is 2.48. The minimum Gasteiger partial charge on any atom is -0.368 e. The van der Waals surface area contributed by atoms with Crippen LogP contribution in [0.5, 0.6) is 0 Å². The van der Waals surface area contributed by atoms with Crippen molar-refractivity contribution in [1.29, 1.82) is 5.26 Å². The summed E-state index contributed by atoms with van der Waals surface area (Å²) in [4.78, 5) is 10.3. The quantitative estimate of drug-likeness (QED) is 0.893. The van der Waals surface area contributed by atoms with Crippen LogP contribution in [0, 0.1) is 24.2 Å². The third kappa shape index (κ3) is 3.05. The zero-order valence-corrected chi connectivity index (χ0v) is 11.7. The Morgan fingerprint density at radius 2 is 2.14 bits per heavy atom. The van der Waals surface area contributed by atoms with Gasteiger partial charge in [0.15, 0.2) is 11.5 Å². The molecular formula is C14H15N7. The van der Waals surface area contributed by atoms with E-state index in [-0.39, 0.29) is 0 Å². The highest BCUT2D eigenvalue weighted by atomic mass is 15.3. The molecule has 0 radical (unpaired) electrons. The first-order valence-electron chi connectivity index (χ1n) is 6.76. The topological polar surface area (TPSA) is 90.6 Å². The fourth-order valence-corrected chi connectivity index (χ4v) is 2.17. The van der Waals surface area contributed by atoms with Crippen molar-refractivity contribution in [2.75, 3.05) is 29.9 Å². The molecule has 0 aliphatic carbocycles. The highest BCUT2D eigenvalue weighted by molar-refractivity contribution is 5.41. The molecular weight excluding hydrogens is 266 g/mol.